The molecule has 0 saturated heterocycles. The standard InChI is InChI=1S/C16H25ClN2/c1-3-18-12-13-9-10-15(11-16(13)17)19(4-2)14-7-5-6-8-14/h9-11,14,18H,3-8,12H2,1-2H3. The Kier molecular flexibility index (Phi) is 5.53. The Morgan fingerprint density at radius 1 is 1.26 bits per heavy atom. The summed E-state index contributed by atoms with van der Waals surface area (Å²) in [5.74, 6) is 0. The molecule has 0 atom stereocenters. The van der Waals surface area contributed by atoms with Crippen molar-refractivity contribution in [1.82, 2.24) is 5.32 Å². The van der Waals surface area contributed by atoms with Crippen LogP contribution in [0.25, 0.3) is 0 Å². The fourth-order valence-electron chi connectivity index (χ4n) is 2.99. The third-order valence-electron chi connectivity index (χ3n) is 4.04. The van der Waals surface area contributed by atoms with Gasteiger partial charge in [-0.15, -0.1) is 0 Å². The maximum Gasteiger partial charge on any atom is 0.0471 e. The number of hydrogen-bond donors (Lipinski definition) is 1. The second kappa shape index (κ2) is 7.16. The lowest BCUT2D eigenvalue weighted by molar-refractivity contribution is 0.619. The topological polar surface area (TPSA) is 15.3 Å². The van der Waals surface area contributed by atoms with Crippen molar-refractivity contribution in [2.24, 2.45) is 0 Å². The number of anilines is 1. The molecule has 0 bridgehead atoms. The van der Waals surface area contributed by atoms with Crippen LogP contribution in [0.4, 0.5) is 5.69 Å². The SMILES string of the molecule is CCNCc1ccc(N(CC)C2CCCC2)cc1Cl. The molecule has 106 valence electrons. The van der Waals surface area contributed by atoms with Crippen LogP contribution >= 0.6 is 11.6 Å². The molecule has 1 aliphatic carbocycles. The van der Waals surface area contributed by atoms with E-state index >= 15 is 0 Å². The highest BCUT2D eigenvalue weighted by atomic mass is 35.5. The highest BCUT2D eigenvalue weighted by molar-refractivity contribution is 6.31. The average Bonchev–Trinajstić information content (AvgIpc) is 2.92. The van der Waals surface area contributed by atoms with Gasteiger partial charge in [0.25, 0.3) is 0 Å². The molecule has 1 aromatic carbocycles. The van der Waals surface area contributed by atoms with E-state index in [2.05, 4.69) is 42.3 Å². The molecule has 2 rings (SSSR count). The van der Waals surface area contributed by atoms with Gasteiger partial charge in [-0.2, -0.15) is 0 Å². The number of nitrogens with zero attached hydrogens (tertiary/aromatic N) is 1. The number of hydrogen-bond acceptors (Lipinski definition) is 2. The Morgan fingerprint density at radius 2 is 2.00 bits per heavy atom. The molecular weight excluding hydrogens is 256 g/mol. The predicted molar refractivity (Wildman–Crippen MR) is 84.1 cm³/mol. The third-order valence-corrected chi connectivity index (χ3v) is 4.39. The van der Waals surface area contributed by atoms with Gasteiger partial charge in [0, 0.05) is 29.8 Å². The number of nitrogens with one attached hydrogen (secondary N) is 1. The maximum atomic E-state index is 6.41. The fourth-order valence-corrected chi connectivity index (χ4v) is 3.23. The lowest BCUT2D eigenvalue weighted by atomic mass is 10.1. The summed E-state index contributed by atoms with van der Waals surface area (Å²) in [5, 5.41) is 4.21. The lowest BCUT2D eigenvalue weighted by Crippen LogP contribution is -2.32. The predicted octanol–water partition coefficient (Wildman–Crippen LogP) is 4.22. The first-order valence-corrected chi connectivity index (χ1v) is 7.89. The summed E-state index contributed by atoms with van der Waals surface area (Å²) in [6.45, 7) is 7.24. The molecule has 0 heterocycles. The van der Waals surface area contributed by atoms with Crippen LogP contribution < -0.4 is 10.2 Å². The van der Waals surface area contributed by atoms with E-state index in [0.717, 1.165) is 24.7 Å². The van der Waals surface area contributed by atoms with Gasteiger partial charge in [-0.25, -0.2) is 0 Å². The van der Waals surface area contributed by atoms with Crippen molar-refractivity contribution in [1.29, 1.82) is 0 Å². The van der Waals surface area contributed by atoms with E-state index in [9.17, 15) is 0 Å². The normalized spacial score (nSPS) is 15.9. The minimum absolute atomic E-state index is 0.709. The summed E-state index contributed by atoms with van der Waals surface area (Å²) >= 11 is 6.41. The Balaban J connectivity index is 2.12. The van der Waals surface area contributed by atoms with Gasteiger partial charge in [0.05, 0.1) is 0 Å². The molecule has 3 heteroatoms. The van der Waals surface area contributed by atoms with Crippen LogP contribution in [0.5, 0.6) is 0 Å². The van der Waals surface area contributed by atoms with Gasteiger partial charge in [0.2, 0.25) is 0 Å². The quantitative estimate of drug-likeness (QED) is 0.839. The van der Waals surface area contributed by atoms with Crippen molar-refractivity contribution in [2.75, 3.05) is 18.0 Å². The van der Waals surface area contributed by atoms with Crippen LogP contribution in [0.1, 0.15) is 45.1 Å². The molecule has 0 spiro atoms. The molecule has 0 radical (unpaired) electrons. The van der Waals surface area contributed by atoms with Gasteiger partial charge in [0.15, 0.2) is 0 Å². The zero-order valence-corrected chi connectivity index (χ0v) is 12.8. The van der Waals surface area contributed by atoms with Crippen LogP contribution in [0, 0.1) is 0 Å². The molecule has 1 N–H and O–H groups in total. The molecule has 1 fully saturated rings. The van der Waals surface area contributed by atoms with Crippen molar-refractivity contribution >= 4 is 17.3 Å². The molecule has 0 amide bonds. The van der Waals surface area contributed by atoms with E-state index in [-0.39, 0.29) is 0 Å². The fraction of sp³-hybridized carbons (Fsp3) is 0.625. The van der Waals surface area contributed by atoms with E-state index in [0.29, 0.717) is 6.04 Å². The van der Waals surface area contributed by atoms with E-state index < -0.39 is 0 Å². The summed E-state index contributed by atoms with van der Waals surface area (Å²) in [6, 6.07) is 7.23. The molecule has 1 aliphatic rings. The third kappa shape index (κ3) is 3.64. The van der Waals surface area contributed by atoms with Crippen LogP contribution in [0.15, 0.2) is 18.2 Å². The van der Waals surface area contributed by atoms with Crippen LogP contribution in [0.2, 0.25) is 5.02 Å². The van der Waals surface area contributed by atoms with E-state index in [1.54, 1.807) is 0 Å². The zero-order valence-electron chi connectivity index (χ0n) is 12.1. The number of benzene rings is 1. The van der Waals surface area contributed by atoms with Gasteiger partial charge >= 0.3 is 0 Å². The second-order valence-corrected chi connectivity index (χ2v) is 5.69. The first-order chi connectivity index (χ1) is 9.26. The van der Waals surface area contributed by atoms with Gasteiger partial charge in [-0.05, 0) is 44.0 Å². The smallest absolute Gasteiger partial charge is 0.0471 e. The summed E-state index contributed by atoms with van der Waals surface area (Å²) in [7, 11) is 0. The van der Waals surface area contributed by atoms with Crippen molar-refractivity contribution in [2.45, 2.75) is 52.1 Å². The van der Waals surface area contributed by atoms with Crippen molar-refractivity contribution < 1.29 is 0 Å². The summed E-state index contributed by atoms with van der Waals surface area (Å²) in [4.78, 5) is 2.51. The molecule has 1 saturated carbocycles. The highest BCUT2D eigenvalue weighted by Crippen LogP contribution is 2.30. The first kappa shape index (κ1) is 14.7. The molecule has 19 heavy (non-hydrogen) atoms. The molecular formula is C16H25ClN2. The van der Waals surface area contributed by atoms with Crippen molar-refractivity contribution in [3.63, 3.8) is 0 Å². The Hall–Kier alpha value is -0.730. The molecule has 2 nitrogen and oxygen atoms in total. The minimum atomic E-state index is 0.709. The molecule has 0 aliphatic heterocycles. The number of rotatable bonds is 6. The van der Waals surface area contributed by atoms with Crippen LogP contribution in [-0.4, -0.2) is 19.1 Å². The molecule has 0 aromatic heterocycles. The lowest BCUT2D eigenvalue weighted by Gasteiger charge is -2.30. The van der Waals surface area contributed by atoms with Crippen molar-refractivity contribution in [3.8, 4) is 0 Å². The summed E-state index contributed by atoms with van der Waals surface area (Å²) in [5.41, 5.74) is 2.47. The zero-order chi connectivity index (χ0) is 13.7. The Bertz CT molecular complexity index is 400. The largest absolute Gasteiger partial charge is 0.369 e. The first-order valence-electron chi connectivity index (χ1n) is 7.52. The second-order valence-electron chi connectivity index (χ2n) is 5.28. The average molecular weight is 281 g/mol. The molecule has 1 aromatic rings. The highest BCUT2D eigenvalue weighted by Gasteiger charge is 2.21. The van der Waals surface area contributed by atoms with E-state index in [4.69, 9.17) is 11.6 Å². The Morgan fingerprint density at radius 3 is 2.58 bits per heavy atom. The van der Waals surface area contributed by atoms with Gasteiger partial charge in [0.1, 0.15) is 0 Å². The summed E-state index contributed by atoms with van der Waals surface area (Å²) < 4.78 is 0. The van der Waals surface area contributed by atoms with Gasteiger partial charge in [-0.3, -0.25) is 0 Å². The summed E-state index contributed by atoms with van der Waals surface area (Å²) in [6.07, 6.45) is 5.38. The van der Waals surface area contributed by atoms with Gasteiger partial charge < -0.3 is 10.2 Å². The van der Waals surface area contributed by atoms with Gasteiger partial charge in [-0.1, -0.05) is 37.4 Å². The minimum Gasteiger partial charge on any atom is -0.369 e. The number of halogens is 1. The van der Waals surface area contributed by atoms with E-state index in [1.807, 2.05) is 0 Å². The van der Waals surface area contributed by atoms with Crippen LogP contribution in [-0.2, 0) is 6.54 Å². The van der Waals surface area contributed by atoms with Crippen LogP contribution in [0.3, 0.4) is 0 Å². The van der Waals surface area contributed by atoms with E-state index in [1.165, 1.54) is 36.9 Å². The van der Waals surface area contributed by atoms with Crippen molar-refractivity contribution in [3.05, 3.63) is 28.8 Å². The maximum absolute atomic E-state index is 6.41. The monoisotopic (exact) mass is 280 g/mol. The molecule has 0 unspecified atom stereocenters. The Labute approximate surface area is 122 Å².